The van der Waals surface area contributed by atoms with Gasteiger partial charge in [-0.15, -0.1) is 0 Å². The third-order valence-electron chi connectivity index (χ3n) is 2.86. The van der Waals surface area contributed by atoms with E-state index in [2.05, 4.69) is 5.32 Å². The molecule has 0 unspecified atom stereocenters. The van der Waals surface area contributed by atoms with Crippen LogP contribution < -0.4 is 5.32 Å². The molecule has 2 heteroatoms. The van der Waals surface area contributed by atoms with E-state index in [1.165, 1.54) is 6.92 Å². The standard InChI is InChI=1S/C17H17NO/c1-13-7-6-10-16(17(13)18-14(2)19)12-11-15-8-4-3-5-9-15/h3-12H,1-2H3,(H,18,19)/b12-11+. The molecular formula is C17H17NO. The average molecular weight is 251 g/mol. The lowest BCUT2D eigenvalue weighted by atomic mass is 10.1. The summed E-state index contributed by atoms with van der Waals surface area (Å²) in [6, 6.07) is 16.1. The molecule has 0 saturated heterocycles. The largest absolute Gasteiger partial charge is 0.326 e. The van der Waals surface area contributed by atoms with E-state index < -0.39 is 0 Å². The molecular weight excluding hydrogens is 234 g/mol. The van der Waals surface area contributed by atoms with E-state index >= 15 is 0 Å². The summed E-state index contributed by atoms with van der Waals surface area (Å²) < 4.78 is 0. The Labute approximate surface area is 113 Å². The molecule has 0 aliphatic heterocycles. The van der Waals surface area contributed by atoms with Crippen molar-refractivity contribution in [2.75, 3.05) is 5.32 Å². The first-order chi connectivity index (χ1) is 9.16. The predicted octanol–water partition coefficient (Wildman–Crippen LogP) is 4.12. The highest BCUT2D eigenvalue weighted by atomic mass is 16.1. The van der Waals surface area contributed by atoms with Gasteiger partial charge < -0.3 is 5.32 Å². The van der Waals surface area contributed by atoms with Gasteiger partial charge in [-0.05, 0) is 23.6 Å². The van der Waals surface area contributed by atoms with Crippen molar-refractivity contribution < 1.29 is 4.79 Å². The Morgan fingerprint density at radius 3 is 2.42 bits per heavy atom. The molecule has 19 heavy (non-hydrogen) atoms. The number of nitrogens with one attached hydrogen (secondary N) is 1. The molecule has 0 atom stereocenters. The molecule has 0 saturated carbocycles. The zero-order chi connectivity index (χ0) is 13.7. The fourth-order valence-corrected chi connectivity index (χ4v) is 1.93. The number of aryl methyl sites for hydroxylation is 1. The fraction of sp³-hybridized carbons (Fsp3) is 0.118. The lowest BCUT2D eigenvalue weighted by Gasteiger charge is -2.10. The number of carbonyl (C=O) groups excluding carboxylic acids is 1. The van der Waals surface area contributed by atoms with Crippen molar-refractivity contribution in [3.8, 4) is 0 Å². The van der Waals surface area contributed by atoms with Gasteiger partial charge in [0.25, 0.3) is 0 Å². The first kappa shape index (κ1) is 13.1. The smallest absolute Gasteiger partial charge is 0.221 e. The van der Waals surface area contributed by atoms with Crippen LogP contribution in [0.25, 0.3) is 12.2 Å². The van der Waals surface area contributed by atoms with Crippen molar-refractivity contribution >= 4 is 23.7 Å². The maximum atomic E-state index is 11.3. The number of anilines is 1. The molecule has 1 N–H and O–H groups in total. The van der Waals surface area contributed by atoms with Gasteiger partial charge in [0.15, 0.2) is 0 Å². The number of hydrogen-bond acceptors (Lipinski definition) is 1. The molecule has 0 aliphatic carbocycles. The lowest BCUT2D eigenvalue weighted by molar-refractivity contribution is -0.114. The van der Waals surface area contributed by atoms with Crippen LogP contribution in [-0.4, -0.2) is 5.91 Å². The zero-order valence-corrected chi connectivity index (χ0v) is 11.2. The van der Waals surface area contributed by atoms with Crippen LogP contribution in [0, 0.1) is 6.92 Å². The van der Waals surface area contributed by atoms with Gasteiger partial charge in [-0.1, -0.05) is 60.7 Å². The summed E-state index contributed by atoms with van der Waals surface area (Å²) in [6.07, 6.45) is 4.06. The van der Waals surface area contributed by atoms with Crippen LogP contribution in [0.3, 0.4) is 0 Å². The fourth-order valence-electron chi connectivity index (χ4n) is 1.93. The summed E-state index contributed by atoms with van der Waals surface area (Å²) in [5, 5.41) is 2.89. The maximum Gasteiger partial charge on any atom is 0.221 e. The molecule has 0 bridgehead atoms. The summed E-state index contributed by atoms with van der Waals surface area (Å²) in [5.41, 5.74) is 4.09. The van der Waals surface area contributed by atoms with E-state index in [1.807, 2.05) is 67.6 Å². The van der Waals surface area contributed by atoms with Crippen LogP contribution in [0.2, 0.25) is 0 Å². The predicted molar refractivity (Wildman–Crippen MR) is 80.9 cm³/mol. The summed E-state index contributed by atoms with van der Waals surface area (Å²) in [4.78, 5) is 11.3. The molecule has 0 aliphatic rings. The molecule has 96 valence electrons. The third kappa shape index (κ3) is 3.55. The van der Waals surface area contributed by atoms with Crippen LogP contribution in [-0.2, 0) is 4.79 Å². The second-order valence-corrected chi connectivity index (χ2v) is 4.46. The zero-order valence-electron chi connectivity index (χ0n) is 11.2. The molecule has 1 amide bonds. The second kappa shape index (κ2) is 6.01. The van der Waals surface area contributed by atoms with Gasteiger partial charge in [-0.3, -0.25) is 4.79 Å². The number of para-hydroxylation sites is 1. The van der Waals surface area contributed by atoms with E-state index in [9.17, 15) is 4.79 Å². The Bertz CT molecular complexity index is 600. The summed E-state index contributed by atoms with van der Waals surface area (Å²) >= 11 is 0. The minimum Gasteiger partial charge on any atom is -0.326 e. The van der Waals surface area contributed by atoms with Crippen molar-refractivity contribution in [2.45, 2.75) is 13.8 Å². The van der Waals surface area contributed by atoms with Crippen LogP contribution in [0.15, 0.2) is 48.5 Å². The van der Waals surface area contributed by atoms with Crippen molar-refractivity contribution in [1.29, 1.82) is 0 Å². The third-order valence-corrected chi connectivity index (χ3v) is 2.86. The first-order valence-electron chi connectivity index (χ1n) is 6.27. The van der Waals surface area contributed by atoms with Crippen molar-refractivity contribution in [2.24, 2.45) is 0 Å². The number of rotatable bonds is 3. The van der Waals surface area contributed by atoms with Crippen LogP contribution in [0.5, 0.6) is 0 Å². The van der Waals surface area contributed by atoms with Crippen molar-refractivity contribution in [1.82, 2.24) is 0 Å². The van der Waals surface area contributed by atoms with Gasteiger partial charge in [0, 0.05) is 6.92 Å². The topological polar surface area (TPSA) is 29.1 Å². The second-order valence-electron chi connectivity index (χ2n) is 4.46. The Hall–Kier alpha value is -2.35. The van der Waals surface area contributed by atoms with E-state index in [1.54, 1.807) is 0 Å². The maximum absolute atomic E-state index is 11.3. The first-order valence-corrected chi connectivity index (χ1v) is 6.27. The number of benzene rings is 2. The molecule has 0 radical (unpaired) electrons. The summed E-state index contributed by atoms with van der Waals surface area (Å²) in [7, 11) is 0. The quantitative estimate of drug-likeness (QED) is 0.817. The molecule has 2 nitrogen and oxygen atoms in total. The number of hydrogen-bond donors (Lipinski definition) is 1. The van der Waals surface area contributed by atoms with Gasteiger partial charge in [0.05, 0.1) is 5.69 Å². The molecule has 0 fully saturated rings. The minimum absolute atomic E-state index is 0.0522. The number of amides is 1. The van der Waals surface area contributed by atoms with E-state index in [0.29, 0.717) is 0 Å². The van der Waals surface area contributed by atoms with Gasteiger partial charge in [0.2, 0.25) is 5.91 Å². The van der Waals surface area contributed by atoms with Crippen LogP contribution in [0.1, 0.15) is 23.6 Å². The van der Waals surface area contributed by atoms with E-state index in [4.69, 9.17) is 0 Å². The Kier molecular flexibility index (Phi) is 4.14. The highest BCUT2D eigenvalue weighted by molar-refractivity contribution is 5.93. The van der Waals surface area contributed by atoms with Gasteiger partial charge in [0.1, 0.15) is 0 Å². The van der Waals surface area contributed by atoms with Gasteiger partial charge >= 0.3 is 0 Å². The van der Waals surface area contributed by atoms with Crippen LogP contribution >= 0.6 is 0 Å². The van der Waals surface area contributed by atoms with E-state index in [0.717, 1.165) is 22.4 Å². The highest BCUT2D eigenvalue weighted by Gasteiger charge is 2.04. The minimum atomic E-state index is -0.0522. The molecule has 2 aromatic rings. The van der Waals surface area contributed by atoms with Crippen molar-refractivity contribution in [3.63, 3.8) is 0 Å². The van der Waals surface area contributed by atoms with Crippen molar-refractivity contribution in [3.05, 3.63) is 65.2 Å². The summed E-state index contributed by atoms with van der Waals surface area (Å²) in [5.74, 6) is -0.0522. The summed E-state index contributed by atoms with van der Waals surface area (Å²) in [6.45, 7) is 3.52. The average Bonchev–Trinajstić information content (AvgIpc) is 2.40. The van der Waals surface area contributed by atoms with Gasteiger partial charge in [-0.2, -0.15) is 0 Å². The molecule has 2 aromatic carbocycles. The SMILES string of the molecule is CC(=O)Nc1c(C)cccc1/C=C/c1ccccc1. The Balaban J connectivity index is 2.32. The lowest BCUT2D eigenvalue weighted by Crippen LogP contribution is -2.08. The molecule has 0 spiro atoms. The molecule has 2 rings (SSSR count). The molecule has 0 aromatic heterocycles. The molecule has 0 heterocycles. The monoisotopic (exact) mass is 251 g/mol. The Morgan fingerprint density at radius 2 is 1.74 bits per heavy atom. The van der Waals surface area contributed by atoms with E-state index in [-0.39, 0.29) is 5.91 Å². The normalized spacial score (nSPS) is 10.6. The van der Waals surface area contributed by atoms with Crippen LogP contribution in [0.4, 0.5) is 5.69 Å². The highest BCUT2D eigenvalue weighted by Crippen LogP contribution is 2.22. The Morgan fingerprint density at radius 1 is 1.00 bits per heavy atom. The van der Waals surface area contributed by atoms with Gasteiger partial charge in [-0.25, -0.2) is 0 Å². The number of carbonyl (C=O) groups is 1.